The first kappa shape index (κ1) is 18.6. The van der Waals surface area contributed by atoms with Crippen molar-refractivity contribution in [3.05, 3.63) is 82.2 Å². The van der Waals surface area contributed by atoms with Gasteiger partial charge in [0.25, 0.3) is 17.7 Å². The molecule has 0 fully saturated rings. The van der Waals surface area contributed by atoms with E-state index < -0.39 is 5.91 Å². The molecule has 0 aliphatic carbocycles. The van der Waals surface area contributed by atoms with Gasteiger partial charge in [0.2, 0.25) is 0 Å². The minimum Gasteiger partial charge on any atom is -0.348 e. The van der Waals surface area contributed by atoms with Crippen LogP contribution in [0.1, 0.15) is 48.0 Å². The molecule has 1 N–H and O–H groups in total. The lowest BCUT2D eigenvalue weighted by molar-refractivity contribution is 0.0693. The number of aromatic nitrogens is 2. The van der Waals surface area contributed by atoms with E-state index in [9.17, 15) is 14.4 Å². The van der Waals surface area contributed by atoms with Crippen LogP contribution in [0.25, 0.3) is 5.69 Å². The lowest BCUT2D eigenvalue weighted by Crippen LogP contribution is -2.24. The lowest BCUT2D eigenvalue weighted by Gasteiger charge is -2.08. The van der Waals surface area contributed by atoms with Crippen molar-refractivity contribution in [2.75, 3.05) is 7.05 Å². The van der Waals surface area contributed by atoms with Gasteiger partial charge in [-0.15, -0.1) is 0 Å². The van der Waals surface area contributed by atoms with E-state index in [0.29, 0.717) is 17.7 Å². The van der Waals surface area contributed by atoms with Gasteiger partial charge < -0.3 is 5.32 Å². The maximum atomic E-state index is 12.6. The van der Waals surface area contributed by atoms with E-state index >= 15 is 0 Å². The van der Waals surface area contributed by atoms with Crippen LogP contribution in [0, 0.1) is 13.8 Å². The molecule has 2 aromatic carbocycles. The Labute approximate surface area is 167 Å². The second kappa shape index (κ2) is 7.01. The van der Waals surface area contributed by atoms with Crippen LogP contribution in [0.4, 0.5) is 0 Å². The number of nitrogens with one attached hydrogen (secondary N) is 1. The molecule has 7 nitrogen and oxygen atoms in total. The number of hydrogen-bond donors (Lipinski definition) is 1. The predicted octanol–water partition coefficient (Wildman–Crippen LogP) is 2.64. The van der Waals surface area contributed by atoms with E-state index in [2.05, 4.69) is 10.4 Å². The van der Waals surface area contributed by atoms with Crippen LogP contribution in [0.5, 0.6) is 0 Å². The number of carbonyl (C=O) groups is 3. The van der Waals surface area contributed by atoms with Gasteiger partial charge >= 0.3 is 0 Å². The third-order valence-electron chi connectivity index (χ3n) is 5.22. The number of imide groups is 1. The van der Waals surface area contributed by atoms with Crippen LogP contribution in [-0.4, -0.2) is 39.4 Å². The average molecular weight is 388 g/mol. The molecule has 7 heteroatoms. The molecule has 3 amide bonds. The molecule has 1 aromatic heterocycles. The molecule has 0 saturated heterocycles. The van der Waals surface area contributed by atoms with E-state index in [1.54, 1.807) is 6.07 Å². The number of para-hydroxylation sites is 1. The van der Waals surface area contributed by atoms with Crippen molar-refractivity contribution in [3.8, 4) is 5.69 Å². The molecule has 3 aromatic rings. The first-order chi connectivity index (χ1) is 13.9. The van der Waals surface area contributed by atoms with Crippen molar-refractivity contribution >= 4 is 17.7 Å². The molecular weight excluding hydrogens is 368 g/mol. The SMILES string of the molecule is Cc1nn(-c2ccccc2)c(C)c1CNC(=O)c1ccc2c(c1)C(=O)N(C)C2=O. The van der Waals surface area contributed by atoms with Crippen molar-refractivity contribution in [3.63, 3.8) is 0 Å². The van der Waals surface area contributed by atoms with E-state index in [-0.39, 0.29) is 17.4 Å². The monoisotopic (exact) mass is 388 g/mol. The summed E-state index contributed by atoms with van der Waals surface area (Å²) in [5.41, 5.74) is 4.60. The van der Waals surface area contributed by atoms with Crippen molar-refractivity contribution in [2.24, 2.45) is 0 Å². The standard InChI is InChI=1S/C22H20N4O3/c1-13-19(14(2)26(24-13)16-7-5-4-6-8-16)12-23-20(27)15-9-10-17-18(11-15)22(29)25(3)21(17)28/h4-11H,12H2,1-3H3,(H,23,27). The fourth-order valence-electron chi connectivity index (χ4n) is 3.52. The summed E-state index contributed by atoms with van der Waals surface area (Å²) >= 11 is 0. The van der Waals surface area contributed by atoms with E-state index in [4.69, 9.17) is 0 Å². The summed E-state index contributed by atoms with van der Waals surface area (Å²) in [6.07, 6.45) is 0. The zero-order chi connectivity index (χ0) is 20.7. The molecule has 0 bridgehead atoms. The molecule has 29 heavy (non-hydrogen) atoms. The second-order valence-corrected chi connectivity index (χ2v) is 7.01. The Bertz CT molecular complexity index is 1150. The quantitative estimate of drug-likeness (QED) is 0.697. The number of rotatable bonds is 4. The topological polar surface area (TPSA) is 84.3 Å². The molecule has 2 heterocycles. The maximum absolute atomic E-state index is 12.6. The van der Waals surface area contributed by atoms with Crippen molar-refractivity contribution < 1.29 is 14.4 Å². The van der Waals surface area contributed by atoms with Crippen LogP contribution >= 0.6 is 0 Å². The number of nitrogens with zero attached hydrogens (tertiary/aromatic N) is 3. The summed E-state index contributed by atoms with van der Waals surface area (Å²) in [4.78, 5) is 37.8. The number of benzene rings is 2. The molecule has 0 radical (unpaired) electrons. The van der Waals surface area contributed by atoms with Crippen molar-refractivity contribution in [1.82, 2.24) is 20.0 Å². The van der Waals surface area contributed by atoms with Gasteiger partial charge in [0.05, 0.1) is 22.5 Å². The highest BCUT2D eigenvalue weighted by Gasteiger charge is 2.33. The minimum absolute atomic E-state index is 0.259. The van der Waals surface area contributed by atoms with Crippen LogP contribution in [0.2, 0.25) is 0 Å². The Hall–Kier alpha value is -3.74. The largest absolute Gasteiger partial charge is 0.348 e. The highest BCUT2D eigenvalue weighted by molar-refractivity contribution is 6.21. The first-order valence-corrected chi connectivity index (χ1v) is 9.23. The van der Waals surface area contributed by atoms with E-state index in [0.717, 1.165) is 27.5 Å². The minimum atomic E-state index is -0.393. The number of amides is 3. The zero-order valence-electron chi connectivity index (χ0n) is 16.4. The highest BCUT2D eigenvalue weighted by Crippen LogP contribution is 2.23. The van der Waals surface area contributed by atoms with E-state index in [1.165, 1.54) is 19.2 Å². The van der Waals surface area contributed by atoms with Gasteiger partial charge in [-0.3, -0.25) is 19.3 Å². The molecule has 1 aliphatic rings. The molecule has 146 valence electrons. The molecule has 1 aliphatic heterocycles. The third kappa shape index (κ3) is 3.10. The number of aryl methyl sites for hydroxylation is 1. The van der Waals surface area contributed by atoms with Crippen LogP contribution in [-0.2, 0) is 6.54 Å². The summed E-state index contributed by atoms with van der Waals surface area (Å²) < 4.78 is 1.85. The van der Waals surface area contributed by atoms with Gasteiger partial charge in [-0.05, 0) is 44.2 Å². The van der Waals surface area contributed by atoms with E-state index in [1.807, 2.05) is 48.9 Å². The number of carbonyl (C=O) groups excluding carboxylic acids is 3. The third-order valence-corrected chi connectivity index (χ3v) is 5.22. The highest BCUT2D eigenvalue weighted by atomic mass is 16.2. The van der Waals surface area contributed by atoms with Gasteiger partial charge in [-0.25, -0.2) is 4.68 Å². The summed E-state index contributed by atoms with van der Waals surface area (Å²) in [6.45, 7) is 4.18. The van der Waals surface area contributed by atoms with Gasteiger partial charge in [-0.1, -0.05) is 18.2 Å². The number of fused-ring (bicyclic) bond motifs is 1. The van der Waals surface area contributed by atoms with Gasteiger partial charge in [0.1, 0.15) is 0 Å². The summed E-state index contributed by atoms with van der Waals surface area (Å²) in [7, 11) is 1.43. The Morgan fingerprint density at radius 2 is 1.69 bits per heavy atom. The molecule has 0 unspecified atom stereocenters. The normalized spacial score (nSPS) is 13.0. The van der Waals surface area contributed by atoms with Crippen molar-refractivity contribution in [2.45, 2.75) is 20.4 Å². The van der Waals surface area contributed by atoms with Gasteiger partial charge in [0.15, 0.2) is 0 Å². The predicted molar refractivity (Wildman–Crippen MR) is 107 cm³/mol. The van der Waals surface area contributed by atoms with Gasteiger partial charge in [0, 0.05) is 30.4 Å². The molecule has 0 saturated carbocycles. The molecule has 4 rings (SSSR count). The molecule has 0 atom stereocenters. The van der Waals surface area contributed by atoms with Crippen LogP contribution < -0.4 is 5.32 Å². The van der Waals surface area contributed by atoms with Gasteiger partial charge in [-0.2, -0.15) is 5.10 Å². The Kier molecular flexibility index (Phi) is 4.50. The smallest absolute Gasteiger partial charge is 0.261 e. The van der Waals surface area contributed by atoms with Crippen molar-refractivity contribution in [1.29, 1.82) is 0 Å². The Morgan fingerprint density at radius 1 is 1.00 bits per heavy atom. The molecular formula is C22H20N4O3. The number of hydrogen-bond acceptors (Lipinski definition) is 4. The van der Waals surface area contributed by atoms with Crippen LogP contribution in [0.15, 0.2) is 48.5 Å². The van der Waals surface area contributed by atoms with Crippen LogP contribution in [0.3, 0.4) is 0 Å². The fourth-order valence-corrected chi connectivity index (χ4v) is 3.52. The lowest BCUT2D eigenvalue weighted by atomic mass is 10.1. The maximum Gasteiger partial charge on any atom is 0.261 e. The second-order valence-electron chi connectivity index (χ2n) is 7.01. The Balaban J connectivity index is 1.54. The average Bonchev–Trinajstić information content (AvgIpc) is 3.14. The Morgan fingerprint density at radius 3 is 2.41 bits per heavy atom. The zero-order valence-corrected chi connectivity index (χ0v) is 16.4. The summed E-state index contributed by atoms with van der Waals surface area (Å²) in [6, 6.07) is 14.4. The molecule has 0 spiro atoms. The fraction of sp³-hybridized carbons (Fsp3) is 0.182. The summed E-state index contributed by atoms with van der Waals surface area (Å²) in [5.74, 6) is -1.05. The summed E-state index contributed by atoms with van der Waals surface area (Å²) in [5, 5.41) is 7.47. The first-order valence-electron chi connectivity index (χ1n) is 9.23.